The van der Waals surface area contributed by atoms with E-state index in [-0.39, 0.29) is 12.8 Å². The van der Waals surface area contributed by atoms with Crippen molar-refractivity contribution in [3.8, 4) is 0 Å². The standard InChI is InChI=1S/C16H28N4O7S2/c1-28-5-3-10(20-14(24)9(17)7-13(22)23)15(25)18-8-12(21)19-11(16(26)27)4-6-29-2/h9-11H,3-8,17H2,1-2H3,(H,18,25)(H,19,21)(H,20,24)(H,22,23)(H,26,27). The van der Waals surface area contributed by atoms with Crippen molar-refractivity contribution in [1.82, 2.24) is 16.0 Å². The predicted molar refractivity (Wildman–Crippen MR) is 111 cm³/mol. The first-order valence-electron chi connectivity index (χ1n) is 8.67. The molecule has 3 unspecified atom stereocenters. The van der Waals surface area contributed by atoms with Gasteiger partial charge in [0.15, 0.2) is 0 Å². The number of nitrogens with one attached hydrogen (secondary N) is 3. The minimum Gasteiger partial charge on any atom is -0.481 e. The van der Waals surface area contributed by atoms with Gasteiger partial charge >= 0.3 is 11.9 Å². The molecule has 0 aromatic carbocycles. The number of rotatable bonds is 15. The van der Waals surface area contributed by atoms with Crippen molar-refractivity contribution in [3.05, 3.63) is 0 Å². The Hall–Kier alpha value is -1.99. The molecule has 0 radical (unpaired) electrons. The molecule has 0 bridgehead atoms. The van der Waals surface area contributed by atoms with E-state index >= 15 is 0 Å². The summed E-state index contributed by atoms with van der Waals surface area (Å²) >= 11 is 2.88. The van der Waals surface area contributed by atoms with Crippen LogP contribution in [0, 0.1) is 0 Å². The molecule has 0 aromatic heterocycles. The summed E-state index contributed by atoms with van der Waals surface area (Å²) < 4.78 is 0. The predicted octanol–water partition coefficient (Wildman–Crippen LogP) is -1.53. The molecule has 13 heteroatoms. The molecule has 3 amide bonds. The van der Waals surface area contributed by atoms with E-state index in [0.29, 0.717) is 11.5 Å². The summed E-state index contributed by atoms with van der Waals surface area (Å²) in [6, 6.07) is -3.38. The molecule has 0 saturated carbocycles. The summed E-state index contributed by atoms with van der Waals surface area (Å²) in [4.78, 5) is 58.1. The van der Waals surface area contributed by atoms with E-state index in [9.17, 15) is 24.0 Å². The van der Waals surface area contributed by atoms with Gasteiger partial charge in [0.1, 0.15) is 12.1 Å². The van der Waals surface area contributed by atoms with Crippen molar-refractivity contribution < 1.29 is 34.2 Å². The van der Waals surface area contributed by atoms with Crippen molar-refractivity contribution in [2.75, 3.05) is 30.6 Å². The normalized spacial score (nSPS) is 13.6. The van der Waals surface area contributed by atoms with Crippen LogP contribution in [0.3, 0.4) is 0 Å². The highest BCUT2D eigenvalue weighted by Gasteiger charge is 2.25. The summed E-state index contributed by atoms with van der Waals surface area (Å²) in [5.41, 5.74) is 5.49. The Morgan fingerprint density at radius 2 is 1.45 bits per heavy atom. The molecule has 11 nitrogen and oxygen atoms in total. The zero-order valence-electron chi connectivity index (χ0n) is 16.3. The number of aliphatic carboxylic acids is 2. The van der Waals surface area contributed by atoms with E-state index in [4.69, 9.17) is 15.9 Å². The maximum atomic E-state index is 12.3. The van der Waals surface area contributed by atoms with Gasteiger partial charge in [0.25, 0.3) is 0 Å². The lowest BCUT2D eigenvalue weighted by atomic mass is 10.1. The quantitative estimate of drug-likeness (QED) is 0.170. The summed E-state index contributed by atoms with van der Waals surface area (Å²) in [5, 5.41) is 24.9. The van der Waals surface area contributed by atoms with Crippen molar-refractivity contribution in [2.24, 2.45) is 5.73 Å². The van der Waals surface area contributed by atoms with Crippen LogP contribution in [0.25, 0.3) is 0 Å². The van der Waals surface area contributed by atoms with Crippen LogP contribution in [0.4, 0.5) is 0 Å². The molecule has 166 valence electrons. The van der Waals surface area contributed by atoms with Crippen LogP contribution in [0.15, 0.2) is 0 Å². The van der Waals surface area contributed by atoms with E-state index in [1.807, 2.05) is 6.26 Å². The largest absolute Gasteiger partial charge is 0.481 e. The number of amides is 3. The average Bonchev–Trinajstić information content (AvgIpc) is 2.65. The first-order chi connectivity index (χ1) is 13.6. The zero-order valence-corrected chi connectivity index (χ0v) is 17.9. The summed E-state index contributed by atoms with van der Waals surface area (Å²) in [7, 11) is 0. The smallest absolute Gasteiger partial charge is 0.326 e. The van der Waals surface area contributed by atoms with Gasteiger partial charge in [0, 0.05) is 0 Å². The van der Waals surface area contributed by atoms with Gasteiger partial charge in [-0.1, -0.05) is 0 Å². The molecule has 0 fully saturated rings. The first kappa shape index (κ1) is 27.0. The van der Waals surface area contributed by atoms with Gasteiger partial charge in [-0.15, -0.1) is 0 Å². The lowest BCUT2D eigenvalue weighted by molar-refractivity contribution is -0.141. The molecule has 0 saturated heterocycles. The SMILES string of the molecule is CSCCC(NC(=O)CNC(=O)C(CCSC)NC(=O)C(N)CC(=O)O)C(=O)O. The number of hydrogen-bond acceptors (Lipinski definition) is 8. The van der Waals surface area contributed by atoms with Crippen molar-refractivity contribution >= 4 is 53.2 Å². The van der Waals surface area contributed by atoms with Gasteiger partial charge in [-0.3, -0.25) is 19.2 Å². The van der Waals surface area contributed by atoms with Crippen LogP contribution in [-0.2, 0) is 24.0 Å². The number of hydrogen-bond donors (Lipinski definition) is 6. The second-order valence-electron chi connectivity index (χ2n) is 6.00. The Morgan fingerprint density at radius 3 is 1.93 bits per heavy atom. The molecular weight excluding hydrogens is 424 g/mol. The lowest BCUT2D eigenvalue weighted by Crippen LogP contribution is -2.54. The Labute approximate surface area is 177 Å². The fraction of sp³-hybridized carbons (Fsp3) is 0.688. The monoisotopic (exact) mass is 452 g/mol. The van der Waals surface area contributed by atoms with E-state index in [1.54, 1.807) is 6.26 Å². The first-order valence-corrected chi connectivity index (χ1v) is 11.5. The van der Waals surface area contributed by atoms with E-state index in [0.717, 1.165) is 0 Å². The van der Waals surface area contributed by atoms with Gasteiger partial charge in [-0.2, -0.15) is 23.5 Å². The van der Waals surface area contributed by atoms with Gasteiger partial charge < -0.3 is 31.9 Å². The molecule has 0 rings (SSSR count). The molecule has 7 N–H and O–H groups in total. The minimum atomic E-state index is -1.31. The maximum Gasteiger partial charge on any atom is 0.326 e. The summed E-state index contributed by atoms with van der Waals surface area (Å²) in [5.74, 6) is -3.47. The third-order valence-corrected chi connectivity index (χ3v) is 4.93. The highest BCUT2D eigenvalue weighted by Crippen LogP contribution is 2.03. The van der Waals surface area contributed by atoms with E-state index in [2.05, 4.69) is 16.0 Å². The third-order valence-electron chi connectivity index (χ3n) is 3.64. The number of carbonyl (C=O) groups is 5. The average molecular weight is 453 g/mol. The summed E-state index contributed by atoms with van der Waals surface area (Å²) in [6.07, 6.45) is 3.51. The number of thioether (sulfide) groups is 2. The zero-order chi connectivity index (χ0) is 22.4. The van der Waals surface area contributed by atoms with Gasteiger partial charge in [-0.05, 0) is 36.9 Å². The number of carbonyl (C=O) groups excluding carboxylic acids is 3. The molecule has 0 aliphatic carbocycles. The summed E-state index contributed by atoms with van der Waals surface area (Å²) in [6.45, 7) is -0.464. The lowest BCUT2D eigenvalue weighted by Gasteiger charge is -2.20. The van der Waals surface area contributed by atoms with Crippen LogP contribution in [-0.4, -0.2) is 88.6 Å². The van der Waals surface area contributed by atoms with Crippen molar-refractivity contribution in [3.63, 3.8) is 0 Å². The van der Waals surface area contributed by atoms with Crippen molar-refractivity contribution in [1.29, 1.82) is 0 Å². The fourth-order valence-electron chi connectivity index (χ4n) is 2.09. The van der Waals surface area contributed by atoms with Crippen molar-refractivity contribution in [2.45, 2.75) is 37.4 Å². The van der Waals surface area contributed by atoms with Crippen LogP contribution < -0.4 is 21.7 Å². The Bertz CT molecular complexity index is 592. The highest BCUT2D eigenvalue weighted by molar-refractivity contribution is 7.98. The number of carboxylic acids is 2. The van der Waals surface area contributed by atoms with Gasteiger partial charge in [-0.25, -0.2) is 4.79 Å². The Morgan fingerprint density at radius 1 is 0.897 bits per heavy atom. The molecule has 29 heavy (non-hydrogen) atoms. The van der Waals surface area contributed by atoms with Crippen LogP contribution in [0.5, 0.6) is 0 Å². The number of nitrogens with two attached hydrogens (primary N) is 1. The highest BCUT2D eigenvalue weighted by atomic mass is 32.2. The minimum absolute atomic E-state index is 0.240. The molecule has 0 aromatic rings. The molecule has 0 heterocycles. The fourth-order valence-corrected chi connectivity index (χ4v) is 3.04. The topological polar surface area (TPSA) is 188 Å². The van der Waals surface area contributed by atoms with Crippen LogP contribution in [0.1, 0.15) is 19.3 Å². The Balaban J connectivity index is 4.76. The van der Waals surface area contributed by atoms with E-state index in [1.165, 1.54) is 23.5 Å². The van der Waals surface area contributed by atoms with Crippen LogP contribution in [0.2, 0.25) is 0 Å². The molecule has 0 aliphatic heterocycles. The second kappa shape index (κ2) is 14.9. The third kappa shape index (κ3) is 12.2. The van der Waals surface area contributed by atoms with Crippen LogP contribution >= 0.6 is 23.5 Å². The molecule has 0 aliphatic rings. The Kier molecular flexibility index (Phi) is 13.9. The second-order valence-corrected chi connectivity index (χ2v) is 7.98. The number of carboxylic acid groups (broad SMARTS) is 2. The molecular formula is C16H28N4O7S2. The maximum absolute atomic E-state index is 12.3. The van der Waals surface area contributed by atoms with Gasteiger partial charge in [0.2, 0.25) is 17.7 Å². The van der Waals surface area contributed by atoms with E-state index < -0.39 is 60.8 Å². The van der Waals surface area contributed by atoms with Gasteiger partial charge in [0.05, 0.1) is 19.0 Å². The molecule has 0 spiro atoms. The molecule has 3 atom stereocenters.